The largest absolute Gasteiger partial charge is 0.477 e. The highest BCUT2D eigenvalue weighted by Crippen LogP contribution is 2.57. The SMILES string of the molecule is Cn1c(SCC2=C(C(=O)O)N3C(=O)[C@H](C(C)(O[Si](C)C)C(C)(C)C)[C@H]3S2)n[nH]c(=O)c1=O. The number of thioether (sulfide) groups is 2. The number of carbonyl (C=O) groups is 2. The summed E-state index contributed by atoms with van der Waals surface area (Å²) >= 11 is 2.46. The molecule has 3 heterocycles. The molecule has 0 bridgehead atoms. The van der Waals surface area contributed by atoms with Crippen molar-refractivity contribution in [2.24, 2.45) is 18.4 Å². The van der Waals surface area contributed by atoms with Crippen molar-refractivity contribution in [3.8, 4) is 0 Å². The van der Waals surface area contributed by atoms with Crippen LogP contribution in [0.15, 0.2) is 25.3 Å². The van der Waals surface area contributed by atoms with Crippen molar-refractivity contribution in [2.45, 2.75) is 56.9 Å². The number of fused-ring (bicyclic) bond motifs is 1. The van der Waals surface area contributed by atoms with Gasteiger partial charge in [0.2, 0.25) is 14.9 Å². The van der Waals surface area contributed by atoms with Crippen LogP contribution in [0.3, 0.4) is 0 Å². The Morgan fingerprint density at radius 3 is 2.44 bits per heavy atom. The molecule has 32 heavy (non-hydrogen) atoms. The molecule has 3 atom stereocenters. The van der Waals surface area contributed by atoms with E-state index in [0.29, 0.717) is 4.91 Å². The van der Waals surface area contributed by atoms with Crippen LogP contribution in [0.2, 0.25) is 13.1 Å². The minimum atomic E-state index is -1.18. The van der Waals surface area contributed by atoms with Crippen molar-refractivity contribution in [3.63, 3.8) is 0 Å². The fraction of sp³-hybridized carbons (Fsp3) is 0.632. The maximum absolute atomic E-state index is 13.2. The molecule has 0 aromatic carbocycles. The standard InChI is InChI=1S/C19H27N4O6S2Si/c1-18(2,3)19(4,29-32(6)7)10-13(25)23-11(16(27)28)9(31-15(10)23)8-30-17-21-20-12(24)14(26)22(17)5/h10,15H,8H2,1-7H3,(H,20,24)(H,27,28)/t10-,15+,19?/m0/s1. The zero-order chi connectivity index (χ0) is 24.2. The third kappa shape index (κ3) is 3.99. The smallest absolute Gasteiger partial charge is 0.353 e. The lowest BCUT2D eigenvalue weighted by Gasteiger charge is -2.56. The Balaban J connectivity index is 1.90. The van der Waals surface area contributed by atoms with E-state index in [1.807, 2.05) is 40.8 Å². The van der Waals surface area contributed by atoms with Crippen molar-refractivity contribution in [1.29, 1.82) is 0 Å². The van der Waals surface area contributed by atoms with Gasteiger partial charge in [0.05, 0.1) is 11.5 Å². The van der Waals surface area contributed by atoms with E-state index in [9.17, 15) is 24.3 Å². The summed E-state index contributed by atoms with van der Waals surface area (Å²) in [6.45, 7) is 12.1. The van der Waals surface area contributed by atoms with Gasteiger partial charge in [-0.15, -0.1) is 16.9 Å². The lowest BCUT2D eigenvalue weighted by atomic mass is 9.66. The highest BCUT2D eigenvalue weighted by atomic mass is 32.2. The van der Waals surface area contributed by atoms with E-state index < -0.39 is 37.6 Å². The van der Waals surface area contributed by atoms with Crippen molar-refractivity contribution < 1.29 is 19.1 Å². The molecule has 1 unspecified atom stereocenters. The van der Waals surface area contributed by atoms with Crippen LogP contribution >= 0.6 is 23.5 Å². The average molecular weight is 500 g/mol. The zero-order valence-electron chi connectivity index (χ0n) is 19.0. The molecule has 1 amide bonds. The molecule has 1 saturated heterocycles. The summed E-state index contributed by atoms with van der Waals surface area (Å²) in [5, 5.41) is 15.7. The number of nitrogens with one attached hydrogen (secondary N) is 1. The monoisotopic (exact) mass is 499 g/mol. The van der Waals surface area contributed by atoms with Gasteiger partial charge in [-0.1, -0.05) is 32.5 Å². The topological polar surface area (TPSA) is 135 Å². The molecule has 175 valence electrons. The van der Waals surface area contributed by atoms with Gasteiger partial charge in [-0.05, 0) is 25.4 Å². The number of aliphatic carboxylic acids is 1. The maximum atomic E-state index is 13.2. The molecule has 3 rings (SSSR count). The number of amides is 1. The Hall–Kier alpha value is -1.83. The van der Waals surface area contributed by atoms with Crippen LogP contribution in [-0.2, 0) is 21.1 Å². The third-order valence-corrected chi connectivity index (χ3v) is 9.30. The Bertz CT molecular complexity index is 1110. The van der Waals surface area contributed by atoms with E-state index in [1.165, 1.54) is 23.7 Å². The summed E-state index contributed by atoms with van der Waals surface area (Å²) in [6, 6.07) is 0. The second-order valence-electron chi connectivity index (χ2n) is 9.13. The number of H-pyrrole nitrogens is 1. The van der Waals surface area contributed by atoms with Crippen LogP contribution in [0.1, 0.15) is 27.7 Å². The van der Waals surface area contributed by atoms with Crippen LogP contribution in [-0.4, -0.2) is 62.4 Å². The van der Waals surface area contributed by atoms with Gasteiger partial charge in [0.1, 0.15) is 11.1 Å². The molecule has 1 aromatic rings. The Kier molecular flexibility index (Phi) is 6.59. The lowest BCUT2D eigenvalue weighted by molar-refractivity contribution is -0.173. The van der Waals surface area contributed by atoms with Gasteiger partial charge >= 0.3 is 17.1 Å². The van der Waals surface area contributed by atoms with E-state index >= 15 is 0 Å². The predicted octanol–water partition coefficient (Wildman–Crippen LogP) is 1.46. The quantitative estimate of drug-likeness (QED) is 0.247. The molecular formula is C19H27N4O6S2Si. The van der Waals surface area contributed by atoms with E-state index in [0.717, 1.165) is 16.3 Å². The van der Waals surface area contributed by atoms with Gasteiger partial charge in [-0.25, -0.2) is 9.89 Å². The van der Waals surface area contributed by atoms with Crippen LogP contribution in [0, 0.1) is 11.3 Å². The van der Waals surface area contributed by atoms with E-state index in [4.69, 9.17) is 4.43 Å². The van der Waals surface area contributed by atoms with Gasteiger partial charge in [-0.2, -0.15) is 0 Å². The average Bonchev–Trinajstić information content (AvgIpc) is 2.98. The van der Waals surface area contributed by atoms with E-state index in [2.05, 4.69) is 10.2 Å². The molecule has 2 aliphatic rings. The number of β-lactam (4-membered cyclic amide) rings is 1. The maximum Gasteiger partial charge on any atom is 0.353 e. The number of aromatic amines is 1. The summed E-state index contributed by atoms with van der Waals surface area (Å²) in [7, 11) is 0.295. The number of hydrogen-bond donors (Lipinski definition) is 2. The number of carbonyl (C=O) groups excluding carboxylic acids is 1. The second kappa shape index (κ2) is 8.50. The number of aromatic nitrogens is 3. The van der Waals surface area contributed by atoms with Crippen LogP contribution in [0.5, 0.6) is 0 Å². The number of nitrogens with zero attached hydrogens (tertiary/aromatic N) is 3. The Morgan fingerprint density at radius 1 is 1.28 bits per heavy atom. The third-order valence-electron chi connectivity index (χ3n) is 5.88. The number of carboxylic acid groups (broad SMARTS) is 1. The number of hydrogen-bond acceptors (Lipinski definition) is 8. The molecule has 2 aliphatic heterocycles. The molecule has 1 fully saturated rings. The summed E-state index contributed by atoms with van der Waals surface area (Å²) < 4.78 is 7.49. The van der Waals surface area contributed by atoms with Gasteiger partial charge in [0, 0.05) is 17.7 Å². The number of carboxylic acids is 1. The van der Waals surface area contributed by atoms with Crippen molar-refractivity contribution in [1.82, 2.24) is 19.7 Å². The van der Waals surface area contributed by atoms with E-state index in [-0.39, 0.29) is 33.3 Å². The molecule has 13 heteroatoms. The van der Waals surface area contributed by atoms with E-state index in [1.54, 1.807) is 0 Å². The Morgan fingerprint density at radius 2 is 1.91 bits per heavy atom. The first kappa shape index (κ1) is 24.8. The molecule has 1 radical (unpaired) electrons. The molecule has 0 aliphatic carbocycles. The van der Waals surface area contributed by atoms with Gasteiger partial charge in [0.15, 0.2) is 5.16 Å². The van der Waals surface area contributed by atoms with Crippen LogP contribution in [0.4, 0.5) is 0 Å². The van der Waals surface area contributed by atoms with Gasteiger partial charge in [0.25, 0.3) is 0 Å². The van der Waals surface area contributed by atoms with Crippen molar-refractivity contribution in [3.05, 3.63) is 31.3 Å². The van der Waals surface area contributed by atoms with Crippen molar-refractivity contribution >= 4 is 44.4 Å². The molecular weight excluding hydrogens is 472 g/mol. The minimum Gasteiger partial charge on any atom is -0.477 e. The Labute approximate surface area is 195 Å². The van der Waals surface area contributed by atoms with Gasteiger partial charge in [-0.3, -0.25) is 23.9 Å². The lowest BCUT2D eigenvalue weighted by Crippen LogP contribution is -2.69. The zero-order valence-corrected chi connectivity index (χ0v) is 21.6. The van der Waals surface area contributed by atoms with Gasteiger partial charge < -0.3 is 9.53 Å². The second-order valence-corrected chi connectivity index (χ2v) is 13.3. The fourth-order valence-electron chi connectivity index (χ4n) is 3.82. The highest BCUT2D eigenvalue weighted by molar-refractivity contribution is 8.06. The van der Waals surface area contributed by atoms with Crippen LogP contribution in [0.25, 0.3) is 0 Å². The summed E-state index contributed by atoms with van der Waals surface area (Å²) in [4.78, 5) is 50.4. The van der Waals surface area contributed by atoms with Crippen LogP contribution < -0.4 is 11.1 Å². The minimum absolute atomic E-state index is 0.0436. The molecule has 0 spiro atoms. The number of rotatable bonds is 7. The normalized spacial score (nSPS) is 22.8. The molecule has 2 N–H and O–H groups in total. The molecule has 1 aromatic heterocycles. The predicted molar refractivity (Wildman–Crippen MR) is 124 cm³/mol. The summed E-state index contributed by atoms with van der Waals surface area (Å²) in [6.07, 6.45) is 0. The highest BCUT2D eigenvalue weighted by Gasteiger charge is 2.65. The first-order valence-electron chi connectivity index (χ1n) is 9.94. The molecule has 10 nitrogen and oxygen atoms in total. The summed E-state index contributed by atoms with van der Waals surface area (Å²) in [5.74, 6) is -1.73. The summed E-state index contributed by atoms with van der Waals surface area (Å²) in [5.41, 5.74) is -2.72. The van der Waals surface area contributed by atoms with Crippen molar-refractivity contribution in [2.75, 3.05) is 5.75 Å². The first-order valence-corrected chi connectivity index (χ1v) is 14.2. The fourth-order valence-corrected chi connectivity index (χ4v) is 7.75. The molecule has 0 saturated carbocycles. The first-order chi connectivity index (χ1) is 14.7.